The number of amides is 1. The summed E-state index contributed by atoms with van der Waals surface area (Å²) in [6.07, 6.45) is 5.49. The lowest BCUT2D eigenvalue weighted by Gasteiger charge is -2.22. The monoisotopic (exact) mass is 395 g/mol. The van der Waals surface area contributed by atoms with E-state index < -0.39 is 36.4 Å². The highest BCUT2D eigenvalue weighted by atomic mass is 19.3. The lowest BCUT2D eigenvalue weighted by atomic mass is 10.1. The maximum absolute atomic E-state index is 13.9. The van der Waals surface area contributed by atoms with Crippen LogP contribution in [-0.4, -0.2) is 51.6 Å². The Morgan fingerprint density at radius 2 is 2.00 bits per heavy atom. The summed E-state index contributed by atoms with van der Waals surface area (Å²) in [7, 11) is 0. The SMILES string of the molecule is CCCCC[C@H](O)/C=C/C1CC(F)(F)C(=O)N1CCc1ccc(C(=O)O)cc1. The van der Waals surface area contributed by atoms with E-state index in [-0.39, 0.29) is 12.1 Å². The van der Waals surface area contributed by atoms with Gasteiger partial charge in [0.2, 0.25) is 0 Å². The topological polar surface area (TPSA) is 77.8 Å². The van der Waals surface area contributed by atoms with Crippen molar-refractivity contribution >= 4 is 11.9 Å². The number of benzene rings is 1. The number of aliphatic hydroxyl groups excluding tert-OH is 1. The van der Waals surface area contributed by atoms with Crippen molar-refractivity contribution in [1.29, 1.82) is 0 Å². The number of alkyl halides is 2. The second-order valence-corrected chi connectivity index (χ2v) is 7.17. The lowest BCUT2D eigenvalue weighted by Crippen LogP contribution is -2.37. The predicted octanol–water partition coefficient (Wildman–Crippen LogP) is 3.66. The molecule has 2 N–H and O–H groups in total. The Morgan fingerprint density at radius 1 is 1.32 bits per heavy atom. The Morgan fingerprint density at radius 3 is 2.61 bits per heavy atom. The van der Waals surface area contributed by atoms with Crippen LogP contribution in [0.1, 0.15) is 54.9 Å². The summed E-state index contributed by atoms with van der Waals surface area (Å²) in [5.74, 6) is -5.65. The molecule has 1 amide bonds. The van der Waals surface area contributed by atoms with Gasteiger partial charge < -0.3 is 15.1 Å². The fourth-order valence-electron chi connectivity index (χ4n) is 3.28. The van der Waals surface area contributed by atoms with Gasteiger partial charge in [-0.15, -0.1) is 0 Å². The summed E-state index contributed by atoms with van der Waals surface area (Å²) >= 11 is 0. The van der Waals surface area contributed by atoms with Crippen molar-refractivity contribution in [3.63, 3.8) is 0 Å². The van der Waals surface area contributed by atoms with Crippen LogP contribution in [0.2, 0.25) is 0 Å². The van der Waals surface area contributed by atoms with E-state index in [0.717, 1.165) is 29.7 Å². The summed E-state index contributed by atoms with van der Waals surface area (Å²) in [4.78, 5) is 24.1. The third kappa shape index (κ3) is 5.86. The highest BCUT2D eigenvalue weighted by Gasteiger charge is 2.52. The summed E-state index contributed by atoms with van der Waals surface area (Å²) in [6.45, 7) is 2.16. The number of carboxylic acids is 1. The third-order valence-corrected chi connectivity index (χ3v) is 4.94. The fourth-order valence-corrected chi connectivity index (χ4v) is 3.28. The Balaban J connectivity index is 2.00. The summed E-state index contributed by atoms with van der Waals surface area (Å²) in [6, 6.07) is 5.36. The van der Waals surface area contributed by atoms with Gasteiger partial charge in [0, 0.05) is 13.0 Å². The minimum Gasteiger partial charge on any atom is -0.478 e. The van der Waals surface area contributed by atoms with Crippen LogP contribution in [0.3, 0.4) is 0 Å². The van der Waals surface area contributed by atoms with Crippen molar-refractivity contribution in [2.24, 2.45) is 0 Å². The molecule has 1 saturated heterocycles. The molecule has 1 aromatic carbocycles. The number of halogens is 2. The predicted molar refractivity (Wildman–Crippen MR) is 101 cm³/mol. The summed E-state index contributed by atoms with van der Waals surface area (Å²) < 4.78 is 27.9. The average Bonchev–Trinajstić information content (AvgIpc) is 2.87. The van der Waals surface area contributed by atoms with Crippen molar-refractivity contribution in [1.82, 2.24) is 4.90 Å². The van der Waals surface area contributed by atoms with Crippen molar-refractivity contribution in [3.8, 4) is 0 Å². The quantitative estimate of drug-likeness (QED) is 0.468. The van der Waals surface area contributed by atoms with E-state index in [4.69, 9.17) is 5.11 Å². The van der Waals surface area contributed by atoms with Crippen LogP contribution >= 0.6 is 0 Å². The number of hydrogen-bond donors (Lipinski definition) is 2. The van der Waals surface area contributed by atoms with Gasteiger partial charge in [-0.1, -0.05) is 50.5 Å². The molecule has 1 aliphatic heterocycles. The number of unbranched alkanes of at least 4 members (excludes halogenated alkanes) is 2. The van der Waals surface area contributed by atoms with E-state index >= 15 is 0 Å². The first-order valence-electron chi connectivity index (χ1n) is 9.62. The van der Waals surface area contributed by atoms with Gasteiger partial charge in [-0.3, -0.25) is 4.79 Å². The molecule has 0 radical (unpaired) electrons. The van der Waals surface area contributed by atoms with Crippen molar-refractivity contribution in [2.45, 2.75) is 63.5 Å². The number of hydrogen-bond acceptors (Lipinski definition) is 3. The number of aliphatic hydroxyl groups is 1. The zero-order valence-electron chi connectivity index (χ0n) is 16.0. The van der Waals surface area contributed by atoms with Gasteiger partial charge >= 0.3 is 11.9 Å². The zero-order chi connectivity index (χ0) is 20.7. The number of carbonyl (C=O) groups excluding carboxylic acids is 1. The number of aromatic carboxylic acids is 1. The van der Waals surface area contributed by atoms with Gasteiger partial charge in [-0.2, -0.15) is 8.78 Å². The van der Waals surface area contributed by atoms with Crippen molar-refractivity contribution in [3.05, 3.63) is 47.5 Å². The maximum Gasteiger partial charge on any atom is 0.335 e. The smallest absolute Gasteiger partial charge is 0.335 e. The first kappa shape index (κ1) is 22.0. The molecule has 1 aromatic rings. The van der Waals surface area contributed by atoms with Crippen LogP contribution < -0.4 is 0 Å². The Bertz CT molecular complexity index is 703. The normalized spacial score (nSPS) is 20.1. The fraction of sp³-hybridized carbons (Fsp3) is 0.524. The highest BCUT2D eigenvalue weighted by Crippen LogP contribution is 2.34. The molecule has 0 aliphatic carbocycles. The molecule has 0 saturated carbocycles. The largest absolute Gasteiger partial charge is 0.478 e. The van der Waals surface area contributed by atoms with Gasteiger partial charge in [0.1, 0.15) is 0 Å². The molecule has 28 heavy (non-hydrogen) atoms. The minimum atomic E-state index is -3.41. The molecule has 0 aromatic heterocycles. The van der Waals surface area contributed by atoms with Gasteiger partial charge in [-0.05, 0) is 30.5 Å². The number of rotatable bonds is 10. The van der Waals surface area contributed by atoms with Gasteiger partial charge in [-0.25, -0.2) is 4.79 Å². The van der Waals surface area contributed by atoms with E-state index in [1.807, 2.05) is 0 Å². The Kier molecular flexibility index (Phi) is 7.69. The summed E-state index contributed by atoms with van der Waals surface area (Å²) in [5, 5.41) is 18.9. The van der Waals surface area contributed by atoms with Gasteiger partial charge in [0.05, 0.1) is 17.7 Å². The molecule has 1 unspecified atom stereocenters. The average molecular weight is 395 g/mol. The second-order valence-electron chi connectivity index (χ2n) is 7.17. The van der Waals surface area contributed by atoms with E-state index in [1.165, 1.54) is 24.3 Å². The Hall–Kier alpha value is -2.28. The summed E-state index contributed by atoms with van der Waals surface area (Å²) in [5.41, 5.74) is 0.903. The Labute approximate surface area is 163 Å². The molecular formula is C21H27F2NO4. The van der Waals surface area contributed by atoms with Crippen molar-refractivity contribution < 1.29 is 28.6 Å². The van der Waals surface area contributed by atoms with E-state index in [9.17, 15) is 23.5 Å². The van der Waals surface area contributed by atoms with E-state index in [1.54, 1.807) is 12.1 Å². The zero-order valence-corrected chi connectivity index (χ0v) is 16.0. The molecule has 1 aliphatic rings. The van der Waals surface area contributed by atoms with Crippen LogP contribution in [0.5, 0.6) is 0 Å². The first-order valence-corrected chi connectivity index (χ1v) is 9.62. The molecular weight excluding hydrogens is 368 g/mol. The molecule has 1 heterocycles. The first-order chi connectivity index (χ1) is 13.2. The number of carbonyl (C=O) groups is 2. The van der Waals surface area contributed by atoms with Gasteiger partial charge in [0.15, 0.2) is 0 Å². The lowest BCUT2D eigenvalue weighted by molar-refractivity contribution is -0.148. The number of nitrogens with zero attached hydrogens (tertiary/aromatic N) is 1. The van der Waals surface area contributed by atoms with Crippen LogP contribution in [0.15, 0.2) is 36.4 Å². The third-order valence-electron chi connectivity index (χ3n) is 4.94. The van der Waals surface area contributed by atoms with Crippen LogP contribution in [0, 0.1) is 0 Å². The standard InChI is InChI=1S/C21H27F2NO4/c1-2-3-4-5-18(25)11-10-17-14-21(22,23)20(28)24(17)13-12-15-6-8-16(9-7-15)19(26)27/h6-11,17-18,25H,2-5,12-14H2,1H3,(H,26,27)/b11-10+/t17?,18-/m0/s1. The van der Waals surface area contributed by atoms with Gasteiger partial charge in [0.25, 0.3) is 5.91 Å². The molecule has 2 rings (SSSR count). The number of carboxylic acid groups (broad SMARTS) is 1. The molecule has 154 valence electrons. The number of likely N-dealkylation sites (tertiary alicyclic amines) is 1. The molecule has 2 atom stereocenters. The van der Waals surface area contributed by atoms with Crippen LogP contribution in [-0.2, 0) is 11.2 Å². The highest BCUT2D eigenvalue weighted by molar-refractivity contribution is 5.87. The van der Waals surface area contributed by atoms with E-state index in [2.05, 4.69) is 6.92 Å². The molecule has 0 spiro atoms. The van der Waals surface area contributed by atoms with Crippen molar-refractivity contribution in [2.75, 3.05) is 6.54 Å². The van der Waals surface area contributed by atoms with Crippen LogP contribution in [0.4, 0.5) is 8.78 Å². The maximum atomic E-state index is 13.9. The molecule has 0 bridgehead atoms. The van der Waals surface area contributed by atoms with Crippen LogP contribution in [0.25, 0.3) is 0 Å². The van der Waals surface area contributed by atoms with E-state index in [0.29, 0.717) is 12.8 Å². The second kappa shape index (κ2) is 9.78. The minimum absolute atomic E-state index is 0.0990. The molecule has 7 heteroatoms. The molecule has 1 fully saturated rings. The molecule has 5 nitrogen and oxygen atoms in total.